The van der Waals surface area contributed by atoms with Gasteiger partial charge in [-0.15, -0.1) is 0 Å². The van der Waals surface area contributed by atoms with E-state index in [9.17, 15) is 18.0 Å². The summed E-state index contributed by atoms with van der Waals surface area (Å²) in [7, 11) is -3.04. The van der Waals surface area contributed by atoms with Crippen LogP contribution in [0.5, 0.6) is 0 Å². The second kappa shape index (κ2) is 7.39. The van der Waals surface area contributed by atoms with Crippen LogP contribution in [0.2, 0.25) is 0 Å². The molecule has 3 rings (SSSR count). The van der Waals surface area contributed by atoms with Crippen molar-refractivity contribution in [2.75, 3.05) is 31.1 Å². The van der Waals surface area contributed by atoms with E-state index < -0.39 is 15.9 Å². The van der Waals surface area contributed by atoms with Crippen molar-refractivity contribution < 1.29 is 18.0 Å². The lowest BCUT2D eigenvalue weighted by Crippen LogP contribution is -2.55. The van der Waals surface area contributed by atoms with E-state index in [-0.39, 0.29) is 36.4 Å². The Morgan fingerprint density at radius 1 is 0.962 bits per heavy atom. The van der Waals surface area contributed by atoms with E-state index in [1.54, 1.807) is 9.80 Å². The predicted molar refractivity (Wildman–Crippen MR) is 99.8 cm³/mol. The molecule has 0 spiro atoms. The molecule has 2 amide bonds. The van der Waals surface area contributed by atoms with Gasteiger partial charge in [0.25, 0.3) is 5.91 Å². The minimum absolute atomic E-state index is 0.0104. The van der Waals surface area contributed by atoms with E-state index in [1.165, 1.54) is 0 Å². The Kier molecular flexibility index (Phi) is 5.37. The molecule has 0 radical (unpaired) electrons. The number of aryl methyl sites for hydroxylation is 2. The molecule has 1 aromatic carbocycles. The van der Waals surface area contributed by atoms with Crippen LogP contribution in [0.25, 0.3) is 0 Å². The fourth-order valence-electron chi connectivity index (χ4n) is 3.84. The molecule has 0 N–H and O–H groups in total. The largest absolute Gasteiger partial charge is 0.339 e. The molecular formula is C19H26N2O4S. The minimum atomic E-state index is -3.04. The Hall–Kier alpha value is -1.89. The smallest absolute Gasteiger partial charge is 0.254 e. The fourth-order valence-corrected chi connectivity index (χ4v) is 5.04. The van der Waals surface area contributed by atoms with Crippen LogP contribution < -0.4 is 0 Å². The van der Waals surface area contributed by atoms with Crippen LogP contribution in [0.1, 0.15) is 40.7 Å². The summed E-state index contributed by atoms with van der Waals surface area (Å²) >= 11 is 0. The first kappa shape index (κ1) is 18.9. The van der Waals surface area contributed by atoms with Crippen molar-refractivity contribution >= 4 is 21.7 Å². The van der Waals surface area contributed by atoms with Crippen molar-refractivity contribution in [2.24, 2.45) is 0 Å². The molecule has 1 atom stereocenters. The first-order valence-corrected chi connectivity index (χ1v) is 11.0. The van der Waals surface area contributed by atoms with Gasteiger partial charge in [0.05, 0.1) is 11.5 Å². The quantitative estimate of drug-likeness (QED) is 0.783. The van der Waals surface area contributed by atoms with Gasteiger partial charge in [-0.2, -0.15) is 0 Å². The number of carbonyl (C=O) groups is 2. The Labute approximate surface area is 155 Å². The molecule has 2 aliphatic rings. The van der Waals surface area contributed by atoms with E-state index in [0.717, 1.165) is 24.0 Å². The normalized spacial score (nSPS) is 22.9. The van der Waals surface area contributed by atoms with Crippen LogP contribution >= 0.6 is 0 Å². The first-order valence-electron chi connectivity index (χ1n) is 9.15. The van der Waals surface area contributed by atoms with Crippen molar-refractivity contribution in [3.8, 4) is 0 Å². The van der Waals surface area contributed by atoms with E-state index in [0.29, 0.717) is 18.5 Å². The highest BCUT2D eigenvalue weighted by molar-refractivity contribution is 7.91. The molecular weight excluding hydrogens is 352 g/mol. The topological polar surface area (TPSA) is 74.8 Å². The number of sulfone groups is 1. The standard InChI is InChI=1S/C19H26N2O4S/c1-14-11-15(2)13-16(12-14)18(22)21-6-4-3-5-17(21)19(23)20-7-9-26(24,25)10-8-20/h11-13,17H,3-10H2,1-2H3/t17-/m0/s1. The molecule has 2 heterocycles. The summed E-state index contributed by atoms with van der Waals surface area (Å²) < 4.78 is 23.2. The van der Waals surface area contributed by atoms with Crippen LogP contribution in [0.3, 0.4) is 0 Å². The maximum Gasteiger partial charge on any atom is 0.254 e. The van der Waals surface area contributed by atoms with Crippen molar-refractivity contribution in [3.05, 3.63) is 34.9 Å². The molecule has 0 saturated carbocycles. The Balaban J connectivity index is 1.79. The third kappa shape index (κ3) is 4.09. The second-order valence-corrected chi connectivity index (χ2v) is 9.67. The van der Waals surface area contributed by atoms with Gasteiger partial charge < -0.3 is 9.80 Å². The van der Waals surface area contributed by atoms with E-state index in [1.807, 2.05) is 32.0 Å². The van der Waals surface area contributed by atoms with Crippen molar-refractivity contribution in [1.82, 2.24) is 9.80 Å². The summed E-state index contributed by atoms with van der Waals surface area (Å²) in [6, 6.07) is 5.25. The molecule has 0 aliphatic carbocycles. The maximum absolute atomic E-state index is 13.1. The van der Waals surface area contributed by atoms with Crippen molar-refractivity contribution in [1.29, 1.82) is 0 Å². The van der Waals surface area contributed by atoms with Crippen molar-refractivity contribution in [2.45, 2.75) is 39.2 Å². The number of amides is 2. The number of hydrogen-bond donors (Lipinski definition) is 0. The lowest BCUT2D eigenvalue weighted by atomic mass is 9.98. The highest BCUT2D eigenvalue weighted by atomic mass is 32.2. The average Bonchev–Trinajstić information content (AvgIpc) is 2.59. The zero-order valence-electron chi connectivity index (χ0n) is 15.4. The first-order chi connectivity index (χ1) is 12.3. The molecule has 0 aromatic heterocycles. The zero-order valence-corrected chi connectivity index (χ0v) is 16.2. The lowest BCUT2D eigenvalue weighted by molar-refractivity contribution is -0.136. The second-order valence-electron chi connectivity index (χ2n) is 7.36. The Morgan fingerprint density at radius 2 is 1.58 bits per heavy atom. The molecule has 2 saturated heterocycles. The highest BCUT2D eigenvalue weighted by Gasteiger charge is 2.37. The Bertz CT molecular complexity index is 785. The number of nitrogens with zero attached hydrogens (tertiary/aromatic N) is 2. The lowest BCUT2D eigenvalue weighted by Gasteiger charge is -2.38. The zero-order chi connectivity index (χ0) is 18.9. The van der Waals surface area contributed by atoms with E-state index in [2.05, 4.69) is 0 Å². The van der Waals surface area contributed by atoms with Gasteiger partial charge in [-0.25, -0.2) is 8.42 Å². The van der Waals surface area contributed by atoms with Gasteiger partial charge in [0.2, 0.25) is 5.91 Å². The van der Waals surface area contributed by atoms with Crippen LogP contribution in [-0.2, 0) is 14.6 Å². The van der Waals surface area contributed by atoms with Crippen molar-refractivity contribution in [3.63, 3.8) is 0 Å². The Morgan fingerprint density at radius 3 is 2.19 bits per heavy atom. The molecule has 2 fully saturated rings. The molecule has 0 unspecified atom stereocenters. The summed E-state index contributed by atoms with van der Waals surface area (Å²) in [5.41, 5.74) is 2.66. The molecule has 7 heteroatoms. The SMILES string of the molecule is Cc1cc(C)cc(C(=O)N2CCCC[C@H]2C(=O)N2CCS(=O)(=O)CC2)c1. The number of benzene rings is 1. The predicted octanol–water partition coefficient (Wildman–Crippen LogP) is 1.56. The highest BCUT2D eigenvalue weighted by Crippen LogP contribution is 2.23. The van der Waals surface area contributed by atoms with Gasteiger partial charge in [0.1, 0.15) is 6.04 Å². The van der Waals surface area contributed by atoms with Gasteiger partial charge in [0, 0.05) is 25.2 Å². The van der Waals surface area contributed by atoms with Gasteiger partial charge in [-0.1, -0.05) is 17.2 Å². The summed E-state index contributed by atoms with van der Waals surface area (Å²) in [6.45, 7) is 4.93. The van der Waals surface area contributed by atoms with Crippen LogP contribution in [0.15, 0.2) is 18.2 Å². The summed E-state index contributed by atoms with van der Waals surface area (Å²) in [5.74, 6) is -0.204. The molecule has 6 nitrogen and oxygen atoms in total. The summed E-state index contributed by atoms with van der Waals surface area (Å²) in [6.07, 6.45) is 2.42. The number of piperidine rings is 1. The third-order valence-electron chi connectivity index (χ3n) is 5.17. The van der Waals surface area contributed by atoms with Crippen LogP contribution in [0, 0.1) is 13.8 Å². The molecule has 1 aromatic rings. The fraction of sp³-hybridized carbons (Fsp3) is 0.579. The number of rotatable bonds is 2. The molecule has 0 bridgehead atoms. The van der Waals surface area contributed by atoms with Gasteiger partial charge >= 0.3 is 0 Å². The molecule has 2 aliphatic heterocycles. The van der Waals surface area contributed by atoms with E-state index in [4.69, 9.17) is 0 Å². The van der Waals surface area contributed by atoms with Crippen LogP contribution in [0.4, 0.5) is 0 Å². The van der Waals surface area contributed by atoms with E-state index >= 15 is 0 Å². The minimum Gasteiger partial charge on any atom is -0.339 e. The molecule has 26 heavy (non-hydrogen) atoms. The van der Waals surface area contributed by atoms with Gasteiger partial charge in [-0.3, -0.25) is 9.59 Å². The number of likely N-dealkylation sites (tertiary alicyclic amines) is 1. The summed E-state index contributed by atoms with van der Waals surface area (Å²) in [4.78, 5) is 29.3. The number of carbonyl (C=O) groups excluding carboxylic acids is 2. The van der Waals surface area contributed by atoms with Gasteiger partial charge in [-0.05, 0) is 45.2 Å². The molecule has 142 valence electrons. The van der Waals surface area contributed by atoms with Gasteiger partial charge in [0.15, 0.2) is 9.84 Å². The summed E-state index contributed by atoms with van der Waals surface area (Å²) in [5, 5.41) is 0. The maximum atomic E-state index is 13.1. The average molecular weight is 378 g/mol. The number of hydrogen-bond acceptors (Lipinski definition) is 4. The third-order valence-corrected chi connectivity index (χ3v) is 6.78. The van der Waals surface area contributed by atoms with Crippen LogP contribution in [-0.4, -0.2) is 67.2 Å². The monoisotopic (exact) mass is 378 g/mol.